The highest BCUT2D eigenvalue weighted by molar-refractivity contribution is 5.76. The molecule has 1 aliphatic carbocycles. The number of nitrogens with one attached hydrogen (secondary N) is 1. The van der Waals surface area contributed by atoms with E-state index in [1.165, 1.54) is 38.5 Å². The van der Waals surface area contributed by atoms with E-state index in [0.29, 0.717) is 6.04 Å². The van der Waals surface area contributed by atoms with Crippen LogP contribution < -0.4 is 5.32 Å². The lowest BCUT2D eigenvalue weighted by molar-refractivity contribution is -0.121. The lowest BCUT2D eigenvalue weighted by atomic mass is 10.2. The highest BCUT2D eigenvalue weighted by Gasteiger charge is 2.16. The number of unbranched alkanes of at least 4 members (excludes halogenated alkanes) is 2. The van der Waals surface area contributed by atoms with Gasteiger partial charge in [0, 0.05) is 12.5 Å². The van der Waals surface area contributed by atoms with Crippen molar-refractivity contribution in [3.05, 3.63) is 0 Å². The molecular weight excluding hydrogens is 162 g/mol. The van der Waals surface area contributed by atoms with Crippen molar-refractivity contribution in [1.29, 1.82) is 0 Å². The molecule has 0 heterocycles. The van der Waals surface area contributed by atoms with E-state index in [1.54, 1.807) is 0 Å². The number of carbonyl (C=O) groups excluding carboxylic acids is 1. The fourth-order valence-corrected chi connectivity index (χ4v) is 1.91. The average molecular weight is 183 g/mol. The van der Waals surface area contributed by atoms with Gasteiger partial charge in [0.2, 0.25) is 5.91 Å². The maximum absolute atomic E-state index is 11.4. The van der Waals surface area contributed by atoms with Gasteiger partial charge in [0.15, 0.2) is 0 Å². The summed E-state index contributed by atoms with van der Waals surface area (Å²) in [6.07, 6.45) is 9.12. The third-order valence-corrected chi connectivity index (χ3v) is 2.73. The van der Waals surface area contributed by atoms with Crippen LogP contribution in [0.5, 0.6) is 0 Å². The molecule has 0 unspecified atom stereocenters. The molecule has 13 heavy (non-hydrogen) atoms. The summed E-state index contributed by atoms with van der Waals surface area (Å²) in [5, 5.41) is 3.10. The highest BCUT2D eigenvalue weighted by Crippen LogP contribution is 2.17. The molecule has 0 atom stereocenters. The highest BCUT2D eigenvalue weighted by atomic mass is 16.1. The van der Waals surface area contributed by atoms with Gasteiger partial charge in [-0.1, -0.05) is 32.6 Å². The maximum atomic E-state index is 11.4. The molecular formula is C11H21NO. The predicted octanol–water partition coefficient (Wildman–Crippen LogP) is 2.63. The van der Waals surface area contributed by atoms with Gasteiger partial charge in [-0.15, -0.1) is 0 Å². The van der Waals surface area contributed by atoms with Gasteiger partial charge in [-0.05, 0) is 19.3 Å². The molecule has 0 bridgehead atoms. The molecule has 1 aliphatic rings. The first-order valence-electron chi connectivity index (χ1n) is 5.62. The zero-order chi connectivity index (χ0) is 9.52. The van der Waals surface area contributed by atoms with E-state index in [-0.39, 0.29) is 5.91 Å². The Bertz CT molecular complexity index is 150. The van der Waals surface area contributed by atoms with Gasteiger partial charge < -0.3 is 5.32 Å². The molecule has 1 saturated carbocycles. The summed E-state index contributed by atoms with van der Waals surface area (Å²) in [5.74, 6) is 0.264. The molecule has 76 valence electrons. The SMILES string of the molecule is CCCCCC(=O)NC1CCCC1. The van der Waals surface area contributed by atoms with E-state index in [4.69, 9.17) is 0 Å². The quantitative estimate of drug-likeness (QED) is 0.652. The van der Waals surface area contributed by atoms with Crippen molar-refractivity contribution in [2.24, 2.45) is 0 Å². The van der Waals surface area contributed by atoms with Gasteiger partial charge in [0.05, 0.1) is 0 Å². The fourth-order valence-electron chi connectivity index (χ4n) is 1.91. The van der Waals surface area contributed by atoms with E-state index in [1.807, 2.05) is 0 Å². The van der Waals surface area contributed by atoms with Gasteiger partial charge in [-0.3, -0.25) is 4.79 Å². The van der Waals surface area contributed by atoms with E-state index in [2.05, 4.69) is 12.2 Å². The third-order valence-electron chi connectivity index (χ3n) is 2.73. The summed E-state index contributed by atoms with van der Waals surface area (Å²) >= 11 is 0. The molecule has 2 nitrogen and oxygen atoms in total. The van der Waals surface area contributed by atoms with Crippen molar-refractivity contribution < 1.29 is 4.79 Å². The molecule has 0 spiro atoms. The Morgan fingerprint density at radius 1 is 1.31 bits per heavy atom. The molecule has 0 aliphatic heterocycles. The van der Waals surface area contributed by atoms with Gasteiger partial charge >= 0.3 is 0 Å². The number of hydrogen-bond acceptors (Lipinski definition) is 1. The molecule has 0 radical (unpaired) electrons. The number of carbonyl (C=O) groups is 1. The van der Waals surface area contributed by atoms with Crippen LogP contribution in [0.1, 0.15) is 58.3 Å². The average Bonchev–Trinajstić information content (AvgIpc) is 2.57. The lowest BCUT2D eigenvalue weighted by Gasteiger charge is -2.11. The second-order valence-electron chi connectivity index (χ2n) is 4.01. The van der Waals surface area contributed by atoms with Crippen LogP contribution in [0.3, 0.4) is 0 Å². The van der Waals surface area contributed by atoms with Crippen molar-refractivity contribution in [3.8, 4) is 0 Å². The standard InChI is InChI=1S/C11H21NO/c1-2-3-4-9-11(13)12-10-7-5-6-8-10/h10H,2-9H2,1H3,(H,12,13). The monoisotopic (exact) mass is 183 g/mol. The Kier molecular flexibility index (Phi) is 4.87. The molecule has 1 rings (SSSR count). The molecule has 2 heteroatoms. The van der Waals surface area contributed by atoms with Crippen molar-refractivity contribution >= 4 is 5.91 Å². The summed E-state index contributed by atoms with van der Waals surface area (Å²) in [6.45, 7) is 2.16. The first kappa shape index (κ1) is 10.6. The first-order chi connectivity index (χ1) is 6.33. The lowest BCUT2D eigenvalue weighted by Crippen LogP contribution is -2.32. The summed E-state index contributed by atoms with van der Waals surface area (Å²) in [7, 11) is 0. The Labute approximate surface area is 81.1 Å². The van der Waals surface area contributed by atoms with Crippen LogP contribution in [-0.2, 0) is 4.79 Å². The molecule has 0 aromatic carbocycles. The normalized spacial score (nSPS) is 17.6. The van der Waals surface area contributed by atoms with Crippen molar-refractivity contribution in [2.45, 2.75) is 64.3 Å². The van der Waals surface area contributed by atoms with Crippen molar-refractivity contribution in [1.82, 2.24) is 5.32 Å². The molecule has 0 saturated heterocycles. The first-order valence-corrected chi connectivity index (χ1v) is 5.62. The zero-order valence-corrected chi connectivity index (χ0v) is 8.64. The Morgan fingerprint density at radius 2 is 2.00 bits per heavy atom. The number of rotatable bonds is 5. The second kappa shape index (κ2) is 6.01. The minimum Gasteiger partial charge on any atom is -0.353 e. The Balaban J connectivity index is 2.02. The Morgan fingerprint density at radius 3 is 2.62 bits per heavy atom. The van der Waals surface area contributed by atoms with Gasteiger partial charge in [-0.25, -0.2) is 0 Å². The third kappa shape index (κ3) is 4.30. The second-order valence-corrected chi connectivity index (χ2v) is 4.01. The zero-order valence-electron chi connectivity index (χ0n) is 8.64. The van der Waals surface area contributed by atoms with Crippen molar-refractivity contribution in [3.63, 3.8) is 0 Å². The smallest absolute Gasteiger partial charge is 0.220 e. The Hall–Kier alpha value is -0.530. The van der Waals surface area contributed by atoms with Crippen LogP contribution in [0, 0.1) is 0 Å². The fraction of sp³-hybridized carbons (Fsp3) is 0.909. The maximum Gasteiger partial charge on any atom is 0.220 e. The number of amides is 1. The van der Waals surface area contributed by atoms with E-state index in [0.717, 1.165) is 12.8 Å². The van der Waals surface area contributed by atoms with Crippen LogP contribution in [0.25, 0.3) is 0 Å². The van der Waals surface area contributed by atoms with Crippen LogP contribution in [-0.4, -0.2) is 11.9 Å². The van der Waals surface area contributed by atoms with Gasteiger partial charge in [0.1, 0.15) is 0 Å². The van der Waals surface area contributed by atoms with E-state index >= 15 is 0 Å². The minimum absolute atomic E-state index is 0.264. The molecule has 0 aromatic heterocycles. The van der Waals surface area contributed by atoms with E-state index in [9.17, 15) is 4.79 Å². The van der Waals surface area contributed by atoms with Crippen LogP contribution in [0.4, 0.5) is 0 Å². The predicted molar refractivity (Wildman–Crippen MR) is 54.5 cm³/mol. The largest absolute Gasteiger partial charge is 0.353 e. The number of hydrogen-bond donors (Lipinski definition) is 1. The molecule has 1 amide bonds. The van der Waals surface area contributed by atoms with E-state index < -0.39 is 0 Å². The summed E-state index contributed by atoms with van der Waals surface area (Å²) in [4.78, 5) is 11.4. The summed E-state index contributed by atoms with van der Waals surface area (Å²) in [6, 6.07) is 0.495. The van der Waals surface area contributed by atoms with Gasteiger partial charge in [-0.2, -0.15) is 0 Å². The topological polar surface area (TPSA) is 29.1 Å². The molecule has 1 fully saturated rings. The molecule has 1 N–H and O–H groups in total. The van der Waals surface area contributed by atoms with Crippen LogP contribution in [0.2, 0.25) is 0 Å². The van der Waals surface area contributed by atoms with Crippen LogP contribution in [0.15, 0.2) is 0 Å². The van der Waals surface area contributed by atoms with Crippen LogP contribution >= 0.6 is 0 Å². The summed E-state index contributed by atoms with van der Waals surface area (Å²) in [5.41, 5.74) is 0. The summed E-state index contributed by atoms with van der Waals surface area (Å²) < 4.78 is 0. The van der Waals surface area contributed by atoms with Gasteiger partial charge in [0.25, 0.3) is 0 Å². The minimum atomic E-state index is 0.264. The molecule has 0 aromatic rings. The van der Waals surface area contributed by atoms with Crippen molar-refractivity contribution in [2.75, 3.05) is 0 Å².